The molecule has 0 aliphatic rings. The van der Waals surface area contributed by atoms with Gasteiger partial charge in [-0.25, -0.2) is 9.59 Å². The van der Waals surface area contributed by atoms with E-state index in [-0.39, 0.29) is 29.3 Å². The molecule has 0 atom stereocenters. The highest BCUT2D eigenvalue weighted by molar-refractivity contribution is 6.04. The molecule has 0 amide bonds. The van der Waals surface area contributed by atoms with E-state index in [1.165, 1.54) is 6.92 Å². The molecule has 0 aliphatic carbocycles. The third-order valence-corrected chi connectivity index (χ3v) is 1.99. The first-order chi connectivity index (χ1) is 7.52. The van der Waals surface area contributed by atoms with Gasteiger partial charge in [0.15, 0.2) is 0 Å². The molecular formula is C10H12O6. The van der Waals surface area contributed by atoms with E-state index >= 15 is 0 Å². The lowest BCUT2D eigenvalue weighted by Gasteiger charge is -2.01. The summed E-state index contributed by atoms with van der Waals surface area (Å²) < 4.78 is 9.69. The normalized spacial score (nSPS) is 10.2. The van der Waals surface area contributed by atoms with Gasteiger partial charge in [-0.1, -0.05) is 0 Å². The minimum atomic E-state index is -1.29. The van der Waals surface area contributed by atoms with Crippen molar-refractivity contribution in [3.05, 3.63) is 22.6 Å². The molecule has 1 rings (SSSR count). The summed E-state index contributed by atoms with van der Waals surface area (Å²) in [6.07, 6.45) is 0. The molecule has 0 saturated carbocycles. The number of carbonyl (C=O) groups excluding carboxylic acids is 1. The molecule has 0 spiro atoms. The minimum Gasteiger partial charge on any atom is -0.478 e. The average Bonchev–Trinajstić information content (AvgIpc) is 2.55. The number of hydrogen-bond acceptors (Lipinski definition) is 5. The summed E-state index contributed by atoms with van der Waals surface area (Å²) in [5.41, 5.74) is -0.475. The van der Waals surface area contributed by atoms with Crippen molar-refractivity contribution in [2.24, 2.45) is 0 Å². The Labute approximate surface area is 91.4 Å². The van der Waals surface area contributed by atoms with E-state index in [1.54, 1.807) is 6.92 Å². The standard InChI is InChI=1S/C10H12O6/c1-3-15-10(14)8-6(4-11)16-5(2)7(8)9(12)13/h11H,3-4H2,1-2H3,(H,12,13). The van der Waals surface area contributed by atoms with Crippen molar-refractivity contribution >= 4 is 11.9 Å². The number of furan rings is 1. The van der Waals surface area contributed by atoms with Crippen LogP contribution in [0, 0.1) is 6.92 Å². The van der Waals surface area contributed by atoms with Gasteiger partial charge in [0.25, 0.3) is 0 Å². The highest BCUT2D eigenvalue weighted by Gasteiger charge is 2.28. The van der Waals surface area contributed by atoms with Gasteiger partial charge in [0, 0.05) is 0 Å². The maximum absolute atomic E-state index is 11.5. The van der Waals surface area contributed by atoms with Gasteiger partial charge in [-0.3, -0.25) is 0 Å². The fourth-order valence-electron chi connectivity index (χ4n) is 1.39. The fourth-order valence-corrected chi connectivity index (χ4v) is 1.39. The predicted molar refractivity (Wildman–Crippen MR) is 52.3 cm³/mol. The molecule has 0 saturated heterocycles. The Balaban J connectivity index is 3.32. The lowest BCUT2D eigenvalue weighted by molar-refractivity contribution is 0.0510. The summed E-state index contributed by atoms with van der Waals surface area (Å²) >= 11 is 0. The Morgan fingerprint density at radius 3 is 2.44 bits per heavy atom. The number of esters is 1. The van der Waals surface area contributed by atoms with Crippen LogP contribution in [-0.2, 0) is 11.3 Å². The Morgan fingerprint density at radius 2 is 2.00 bits per heavy atom. The van der Waals surface area contributed by atoms with Crippen LogP contribution in [0.2, 0.25) is 0 Å². The number of aromatic carboxylic acids is 1. The second kappa shape index (κ2) is 4.80. The van der Waals surface area contributed by atoms with Crippen LogP contribution in [0.25, 0.3) is 0 Å². The van der Waals surface area contributed by atoms with Crippen molar-refractivity contribution in [2.75, 3.05) is 6.61 Å². The Morgan fingerprint density at radius 1 is 1.38 bits per heavy atom. The van der Waals surface area contributed by atoms with Crippen LogP contribution in [0.5, 0.6) is 0 Å². The number of rotatable bonds is 4. The molecule has 1 heterocycles. The van der Waals surface area contributed by atoms with E-state index in [4.69, 9.17) is 19.4 Å². The molecule has 2 N–H and O–H groups in total. The molecule has 88 valence electrons. The molecule has 0 fully saturated rings. The van der Waals surface area contributed by atoms with Crippen LogP contribution >= 0.6 is 0 Å². The number of carbonyl (C=O) groups is 2. The van der Waals surface area contributed by atoms with Crippen molar-refractivity contribution in [3.8, 4) is 0 Å². The average molecular weight is 228 g/mol. The number of aryl methyl sites for hydroxylation is 1. The van der Waals surface area contributed by atoms with E-state index < -0.39 is 18.5 Å². The monoisotopic (exact) mass is 228 g/mol. The minimum absolute atomic E-state index is 0.0691. The van der Waals surface area contributed by atoms with Crippen LogP contribution in [0.3, 0.4) is 0 Å². The van der Waals surface area contributed by atoms with Gasteiger partial charge >= 0.3 is 11.9 Å². The highest BCUT2D eigenvalue weighted by Crippen LogP contribution is 2.23. The molecule has 16 heavy (non-hydrogen) atoms. The zero-order valence-electron chi connectivity index (χ0n) is 8.94. The zero-order valence-corrected chi connectivity index (χ0v) is 8.94. The topological polar surface area (TPSA) is 97.0 Å². The lowest BCUT2D eigenvalue weighted by Crippen LogP contribution is -2.12. The van der Waals surface area contributed by atoms with Crippen molar-refractivity contribution < 1.29 is 29.0 Å². The lowest BCUT2D eigenvalue weighted by atomic mass is 10.1. The third-order valence-electron chi connectivity index (χ3n) is 1.99. The number of aliphatic hydroxyl groups is 1. The smallest absolute Gasteiger partial charge is 0.342 e. The van der Waals surface area contributed by atoms with Crippen LogP contribution in [0.15, 0.2) is 4.42 Å². The number of hydrogen-bond donors (Lipinski definition) is 2. The number of aliphatic hydroxyl groups excluding tert-OH is 1. The van der Waals surface area contributed by atoms with Gasteiger partial charge in [0.05, 0.1) is 6.61 Å². The summed E-state index contributed by atoms with van der Waals surface area (Å²) in [7, 11) is 0. The maximum atomic E-state index is 11.5. The van der Waals surface area contributed by atoms with Crippen molar-refractivity contribution in [2.45, 2.75) is 20.5 Å². The summed E-state index contributed by atoms with van der Waals surface area (Å²) in [6.45, 7) is 2.57. The maximum Gasteiger partial charge on any atom is 0.342 e. The van der Waals surface area contributed by atoms with E-state index in [2.05, 4.69) is 0 Å². The molecule has 0 aromatic carbocycles. The van der Waals surface area contributed by atoms with Crippen LogP contribution < -0.4 is 0 Å². The first-order valence-electron chi connectivity index (χ1n) is 4.66. The van der Waals surface area contributed by atoms with Crippen molar-refractivity contribution in [1.82, 2.24) is 0 Å². The van der Waals surface area contributed by atoms with E-state index in [1.807, 2.05) is 0 Å². The molecule has 0 bridgehead atoms. The quantitative estimate of drug-likeness (QED) is 0.745. The molecule has 1 aromatic heterocycles. The first kappa shape index (κ1) is 12.3. The van der Waals surface area contributed by atoms with Gasteiger partial charge < -0.3 is 19.4 Å². The number of carboxylic acid groups (broad SMARTS) is 1. The number of carboxylic acids is 1. The van der Waals surface area contributed by atoms with Gasteiger partial charge in [-0.2, -0.15) is 0 Å². The second-order valence-electron chi connectivity index (χ2n) is 3.02. The summed E-state index contributed by atoms with van der Waals surface area (Å²) in [5, 5.41) is 17.9. The largest absolute Gasteiger partial charge is 0.478 e. The Bertz CT molecular complexity index is 417. The van der Waals surface area contributed by atoms with Gasteiger partial charge in [-0.05, 0) is 13.8 Å². The van der Waals surface area contributed by atoms with Crippen LogP contribution in [0.4, 0.5) is 0 Å². The Kier molecular flexibility index (Phi) is 3.68. The molecule has 6 heteroatoms. The summed E-state index contributed by atoms with van der Waals surface area (Å²) in [4.78, 5) is 22.4. The van der Waals surface area contributed by atoms with Crippen molar-refractivity contribution in [1.29, 1.82) is 0 Å². The highest BCUT2D eigenvalue weighted by atomic mass is 16.5. The predicted octanol–water partition coefficient (Wildman–Crippen LogP) is 0.955. The SMILES string of the molecule is CCOC(=O)c1c(CO)oc(C)c1C(=O)O. The van der Waals surface area contributed by atoms with Crippen LogP contribution in [0.1, 0.15) is 39.2 Å². The van der Waals surface area contributed by atoms with Gasteiger partial charge in [0.2, 0.25) is 0 Å². The van der Waals surface area contributed by atoms with Gasteiger partial charge in [0.1, 0.15) is 29.3 Å². The summed E-state index contributed by atoms with van der Waals surface area (Å²) in [5.74, 6) is -2.11. The van der Waals surface area contributed by atoms with E-state index in [0.717, 1.165) is 0 Å². The third kappa shape index (κ3) is 2.06. The molecule has 6 nitrogen and oxygen atoms in total. The molecule has 1 aromatic rings. The van der Waals surface area contributed by atoms with E-state index in [9.17, 15) is 9.59 Å². The molecule has 0 radical (unpaired) electrons. The first-order valence-corrected chi connectivity index (χ1v) is 4.66. The van der Waals surface area contributed by atoms with Crippen LogP contribution in [-0.4, -0.2) is 28.8 Å². The van der Waals surface area contributed by atoms with Crippen molar-refractivity contribution in [3.63, 3.8) is 0 Å². The second-order valence-corrected chi connectivity index (χ2v) is 3.02. The summed E-state index contributed by atoms with van der Waals surface area (Å²) in [6, 6.07) is 0. The Hall–Kier alpha value is -1.82. The fraction of sp³-hybridized carbons (Fsp3) is 0.400. The zero-order chi connectivity index (χ0) is 12.3. The molecule has 0 unspecified atom stereocenters. The molecular weight excluding hydrogens is 216 g/mol. The number of ether oxygens (including phenoxy) is 1. The van der Waals surface area contributed by atoms with E-state index in [0.29, 0.717) is 0 Å². The molecule has 0 aliphatic heterocycles. The van der Waals surface area contributed by atoms with Gasteiger partial charge in [-0.15, -0.1) is 0 Å².